The van der Waals surface area contributed by atoms with Crippen LogP contribution in [0.25, 0.3) is 0 Å². The molecule has 0 fully saturated rings. The van der Waals surface area contributed by atoms with Gasteiger partial charge < -0.3 is 4.90 Å². The van der Waals surface area contributed by atoms with Crippen molar-refractivity contribution in [2.24, 2.45) is 0 Å². The molecule has 4 heteroatoms. The van der Waals surface area contributed by atoms with E-state index in [1.807, 2.05) is 24.3 Å². The van der Waals surface area contributed by atoms with E-state index in [-0.39, 0.29) is 11.5 Å². The molecule has 1 amide bonds. The predicted octanol–water partition coefficient (Wildman–Crippen LogP) is 3.06. The van der Waals surface area contributed by atoms with E-state index in [4.69, 9.17) is 0 Å². The Bertz CT molecular complexity index is 581. The lowest BCUT2D eigenvalue weighted by atomic mass is 10.1. The van der Waals surface area contributed by atoms with Gasteiger partial charge in [0, 0.05) is 30.6 Å². The summed E-state index contributed by atoms with van der Waals surface area (Å²) in [5.74, 6) is -0.911. The standard InChI is InChI=1S/C15H15FN2O/c1-3-11-4-6-13(7-5-11)18(2)15(19)12-8-9-17-14(16)10-12/h4-10H,3H2,1-2H3. The van der Waals surface area contributed by atoms with Crippen LogP contribution in [0.4, 0.5) is 10.1 Å². The van der Waals surface area contributed by atoms with E-state index in [1.54, 1.807) is 7.05 Å². The summed E-state index contributed by atoms with van der Waals surface area (Å²) in [5.41, 5.74) is 2.27. The lowest BCUT2D eigenvalue weighted by molar-refractivity contribution is 0.0992. The number of rotatable bonds is 3. The van der Waals surface area contributed by atoms with Crippen LogP contribution in [0.3, 0.4) is 0 Å². The van der Waals surface area contributed by atoms with Gasteiger partial charge in [-0.2, -0.15) is 4.39 Å². The monoisotopic (exact) mass is 258 g/mol. The Morgan fingerprint density at radius 2 is 1.95 bits per heavy atom. The van der Waals surface area contributed by atoms with Crippen molar-refractivity contribution in [2.45, 2.75) is 13.3 Å². The van der Waals surface area contributed by atoms with Crippen LogP contribution in [0, 0.1) is 5.95 Å². The highest BCUT2D eigenvalue weighted by atomic mass is 19.1. The topological polar surface area (TPSA) is 33.2 Å². The Morgan fingerprint density at radius 1 is 1.26 bits per heavy atom. The number of benzene rings is 1. The summed E-state index contributed by atoms with van der Waals surface area (Å²) in [7, 11) is 1.67. The number of hydrogen-bond acceptors (Lipinski definition) is 2. The molecule has 0 aliphatic carbocycles. The molecule has 2 aromatic rings. The van der Waals surface area contributed by atoms with Crippen molar-refractivity contribution in [2.75, 3.05) is 11.9 Å². The Morgan fingerprint density at radius 3 is 2.53 bits per heavy atom. The molecule has 0 spiro atoms. The molecule has 3 nitrogen and oxygen atoms in total. The Hall–Kier alpha value is -2.23. The molecule has 2 rings (SSSR count). The summed E-state index contributed by atoms with van der Waals surface area (Å²) in [6.45, 7) is 2.07. The fraction of sp³-hybridized carbons (Fsp3) is 0.200. The van der Waals surface area contributed by atoms with Gasteiger partial charge in [0.25, 0.3) is 5.91 Å². The van der Waals surface area contributed by atoms with Gasteiger partial charge in [0.2, 0.25) is 5.95 Å². The number of aryl methyl sites for hydroxylation is 1. The van der Waals surface area contributed by atoms with Gasteiger partial charge in [-0.3, -0.25) is 4.79 Å². The summed E-state index contributed by atoms with van der Waals surface area (Å²) in [6.07, 6.45) is 2.24. The molecule has 1 aromatic heterocycles. The zero-order valence-electron chi connectivity index (χ0n) is 10.9. The van der Waals surface area contributed by atoms with Crippen molar-refractivity contribution >= 4 is 11.6 Å². The molecule has 0 aliphatic heterocycles. The molecule has 0 saturated heterocycles. The van der Waals surface area contributed by atoms with Crippen molar-refractivity contribution in [3.63, 3.8) is 0 Å². The second-order valence-corrected chi connectivity index (χ2v) is 4.25. The van der Waals surface area contributed by atoms with Crippen LogP contribution in [0.1, 0.15) is 22.8 Å². The highest BCUT2D eigenvalue weighted by Crippen LogP contribution is 2.17. The number of halogens is 1. The highest BCUT2D eigenvalue weighted by molar-refractivity contribution is 6.05. The SMILES string of the molecule is CCc1ccc(N(C)C(=O)c2ccnc(F)c2)cc1. The van der Waals surface area contributed by atoms with Gasteiger partial charge in [-0.1, -0.05) is 19.1 Å². The molecule has 0 saturated carbocycles. The highest BCUT2D eigenvalue weighted by Gasteiger charge is 2.14. The molecular formula is C15H15FN2O. The Labute approximate surface area is 111 Å². The van der Waals surface area contributed by atoms with E-state index in [2.05, 4.69) is 11.9 Å². The van der Waals surface area contributed by atoms with E-state index in [9.17, 15) is 9.18 Å². The predicted molar refractivity (Wildman–Crippen MR) is 72.7 cm³/mol. The van der Waals surface area contributed by atoms with Crippen LogP contribution < -0.4 is 4.90 Å². The summed E-state index contributed by atoms with van der Waals surface area (Å²) in [6, 6.07) is 10.4. The first-order valence-corrected chi connectivity index (χ1v) is 6.10. The van der Waals surface area contributed by atoms with Gasteiger partial charge in [0.05, 0.1) is 0 Å². The first-order valence-electron chi connectivity index (χ1n) is 6.10. The fourth-order valence-electron chi connectivity index (χ4n) is 1.80. The molecular weight excluding hydrogens is 243 g/mol. The van der Waals surface area contributed by atoms with Gasteiger partial charge in [-0.05, 0) is 30.2 Å². The molecule has 0 N–H and O–H groups in total. The summed E-state index contributed by atoms with van der Waals surface area (Å²) in [5, 5.41) is 0. The minimum atomic E-state index is -0.652. The van der Waals surface area contributed by atoms with E-state index in [0.717, 1.165) is 18.2 Å². The maximum Gasteiger partial charge on any atom is 0.258 e. The number of carbonyl (C=O) groups excluding carboxylic acids is 1. The molecule has 0 atom stereocenters. The van der Waals surface area contributed by atoms with E-state index >= 15 is 0 Å². The Kier molecular flexibility index (Phi) is 3.90. The average Bonchev–Trinajstić information content (AvgIpc) is 2.46. The second kappa shape index (κ2) is 5.61. The molecule has 0 bridgehead atoms. The molecule has 98 valence electrons. The zero-order valence-corrected chi connectivity index (χ0v) is 10.9. The van der Waals surface area contributed by atoms with Crippen LogP contribution in [-0.2, 0) is 6.42 Å². The van der Waals surface area contributed by atoms with Crippen molar-refractivity contribution < 1.29 is 9.18 Å². The molecule has 0 aliphatic rings. The second-order valence-electron chi connectivity index (χ2n) is 4.25. The van der Waals surface area contributed by atoms with E-state index in [0.29, 0.717) is 0 Å². The van der Waals surface area contributed by atoms with Gasteiger partial charge >= 0.3 is 0 Å². The molecule has 19 heavy (non-hydrogen) atoms. The number of pyridine rings is 1. The number of hydrogen-bond donors (Lipinski definition) is 0. The van der Waals surface area contributed by atoms with Gasteiger partial charge in [0.1, 0.15) is 0 Å². The normalized spacial score (nSPS) is 10.3. The number of nitrogens with zero attached hydrogens (tertiary/aromatic N) is 2. The van der Waals surface area contributed by atoms with Gasteiger partial charge in [0.15, 0.2) is 0 Å². The van der Waals surface area contributed by atoms with Crippen molar-refractivity contribution in [3.05, 3.63) is 59.7 Å². The summed E-state index contributed by atoms with van der Waals surface area (Å²) in [4.78, 5) is 17.1. The average molecular weight is 258 g/mol. The third kappa shape index (κ3) is 2.96. The molecule has 1 heterocycles. The lowest BCUT2D eigenvalue weighted by Crippen LogP contribution is -2.26. The summed E-state index contributed by atoms with van der Waals surface area (Å²) >= 11 is 0. The first-order chi connectivity index (χ1) is 9.11. The molecule has 0 unspecified atom stereocenters. The van der Waals surface area contributed by atoms with Crippen LogP contribution in [0.5, 0.6) is 0 Å². The zero-order chi connectivity index (χ0) is 13.8. The number of amides is 1. The minimum absolute atomic E-state index is 0.259. The number of aromatic nitrogens is 1. The minimum Gasteiger partial charge on any atom is -0.311 e. The van der Waals surface area contributed by atoms with Crippen molar-refractivity contribution in [1.82, 2.24) is 4.98 Å². The van der Waals surface area contributed by atoms with Crippen LogP contribution in [-0.4, -0.2) is 17.9 Å². The third-order valence-corrected chi connectivity index (χ3v) is 3.01. The quantitative estimate of drug-likeness (QED) is 0.793. The van der Waals surface area contributed by atoms with Gasteiger partial charge in [-0.15, -0.1) is 0 Å². The van der Waals surface area contributed by atoms with Crippen molar-refractivity contribution in [3.8, 4) is 0 Å². The maximum atomic E-state index is 13.0. The third-order valence-electron chi connectivity index (χ3n) is 3.01. The Balaban J connectivity index is 2.23. The van der Waals surface area contributed by atoms with Crippen LogP contribution in [0.2, 0.25) is 0 Å². The number of anilines is 1. The maximum absolute atomic E-state index is 13.0. The van der Waals surface area contributed by atoms with E-state index < -0.39 is 5.95 Å². The van der Waals surface area contributed by atoms with Crippen LogP contribution >= 0.6 is 0 Å². The number of carbonyl (C=O) groups is 1. The van der Waals surface area contributed by atoms with Gasteiger partial charge in [-0.25, -0.2) is 4.98 Å². The van der Waals surface area contributed by atoms with E-state index in [1.165, 1.54) is 22.7 Å². The van der Waals surface area contributed by atoms with Crippen LogP contribution in [0.15, 0.2) is 42.6 Å². The molecule has 0 radical (unpaired) electrons. The first kappa shape index (κ1) is 13.2. The van der Waals surface area contributed by atoms with Crippen molar-refractivity contribution in [1.29, 1.82) is 0 Å². The summed E-state index contributed by atoms with van der Waals surface area (Å²) < 4.78 is 13.0. The fourth-order valence-corrected chi connectivity index (χ4v) is 1.80. The largest absolute Gasteiger partial charge is 0.311 e. The molecule has 1 aromatic carbocycles. The smallest absolute Gasteiger partial charge is 0.258 e. The lowest BCUT2D eigenvalue weighted by Gasteiger charge is -2.17.